The van der Waals surface area contributed by atoms with Crippen LogP contribution in [0.5, 0.6) is 5.75 Å². The zero-order valence-electron chi connectivity index (χ0n) is 12.6. The van der Waals surface area contributed by atoms with Crippen LogP contribution < -0.4 is 14.8 Å². The van der Waals surface area contributed by atoms with Gasteiger partial charge in [0.25, 0.3) is 0 Å². The minimum Gasteiger partial charge on any atom is -0.497 e. The molecule has 7 heteroatoms. The maximum atomic E-state index is 12.5. The average Bonchev–Trinajstić information content (AvgIpc) is 3.00. The Morgan fingerprint density at radius 1 is 1.17 bits per heavy atom. The van der Waals surface area contributed by atoms with Gasteiger partial charge in [0, 0.05) is 30.2 Å². The van der Waals surface area contributed by atoms with Gasteiger partial charge < -0.3 is 10.1 Å². The summed E-state index contributed by atoms with van der Waals surface area (Å²) in [5.74, 6) is 0.489. The summed E-state index contributed by atoms with van der Waals surface area (Å²) >= 11 is 3.30. The smallest absolute Gasteiger partial charge is 0.241 e. The lowest BCUT2D eigenvalue weighted by Crippen LogP contribution is -2.23. The lowest BCUT2D eigenvalue weighted by Gasteiger charge is -2.10. The van der Waals surface area contributed by atoms with Gasteiger partial charge in [-0.1, -0.05) is 34.1 Å². The van der Waals surface area contributed by atoms with Gasteiger partial charge in [-0.05, 0) is 28.8 Å². The highest BCUT2D eigenvalue weighted by molar-refractivity contribution is 9.10. The van der Waals surface area contributed by atoms with Crippen molar-refractivity contribution in [2.45, 2.75) is 24.5 Å². The Kier molecular flexibility index (Phi) is 4.72. The molecule has 23 heavy (non-hydrogen) atoms. The molecule has 0 amide bonds. The van der Waals surface area contributed by atoms with Gasteiger partial charge >= 0.3 is 0 Å². The monoisotopic (exact) mass is 396 g/mol. The maximum absolute atomic E-state index is 12.5. The number of sulfonamides is 1. The topological polar surface area (TPSA) is 67.4 Å². The standard InChI is InChI=1S/C16H17BrN2O3S/c1-22-15-5-14(17)6-16(7-15)23(20,21)19-8-11-2-3-12-9-18-10-13(12)4-11/h2-7,18-19H,8-10H2,1H3. The lowest BCUT2D eigenvalue weighted by molar-refractivity contribution is 0.413. The van der Waals surface area contributed by atoms with Crippen molar-refractivity contribution >= 4 is 26.0 Å². The second kappa shape index (κ2) is 6.60. The number of halogens is 1. The summed E-state index contributed by atoms with van der Waals surface area (Å²) in [6.45, 7) is 1.96. The molecule has 0 aromatic heterocycles. The Bertz CT molecular complexity index is 837. The molecular weight excluding hydrogens is 380 g/mol. The molecule has 0 radical (unpaired) electrons. The van der Waals surface area contributed by atoms with Crippen molar-refractivity contribution in [2.24, 2.45) is 0 Å². The highest BCUT2D eigenvalue weighted by Gasteiger charge is 2.17. The molecule has 0 bridgehead atoms. The summed E-state index contributed by atoms with van der Waals surface area (Å²) in [6, 6.07) is 10.8. The molecule has 122 valence electrons. The first kappa shape index (κ1) is 16.4. The van der Waals surface area contributed by atoms with Gasteiger partial charge in [0.15, 0.2) is 0 Å². The Morgan fingerprint density at radius 3 is 2.74 bits per heavy atom. The Labute approximate surface area is 144 Å². The van der Waals surface area contributed by atoms with Crippen molar-refractivity contribution in [3.05, 3.63) is 57.6 Å². The SMILES string of the molecule is COc1cc(Br)cc(S(=O)(=O)NCc2ccc3c(c2)CNC3)c1. The number of benzene rings is 2. The van der Waals surface area contributed by atoms with Crippen molar-refractivity contribution < 1.29 is 13.2 Å². The summed E-state index contributed by atoms with van der Waals surface area (Å²) in [5, 5.41) is 3.27. The molecule has 1 aliphatic heterocycles. The van der Waals surface area contributed by atoms with Crippen molar-refractivity contribution in [1.82, 2.24) is 10.0 Å². The lowest BCUT2D eigenvalue weighted by atomic mass is 10.1. The molecule has 2 N–H and O–H groups in total. The van der Waals surface area contributed by atoms with E-state index < -0.39 is 10.0 Å². The minimum atomic E-state index is -3.60. The second-order valence-corrected chi connectivity index (χ2v) is 8.04. The summed E-state index contributed by atoms with van der Waals surface area (Å²) in [6.07, 6.45) is 0. The van der Waals surface area contributed by atoms with E-state index in [0.717, 1.165) is 18.7 Å². The van der Waals surface area contributed by atoms with Crippen LogP contribution >= 0.6 is 15.9 Å². The largest absolute Gasteiger partial charge is 0.497 e. The quantitative estimate of drug-likeness (QED) is 0.814. The van der Waals surface area contributed by atoms with Crippen LogP contribution in [0.25, 0.3) is 0 Å². The van der Waals surface area contributed by atoms with E-state index in [2.05, 4.69) is 26.0 Å². The van der Waals surface area contributed by atoms with Crippen LogP contribution in [0.4, 0.5) is 0 Å². The number of hydrogen-bond donors (Lipinski definition) is 2. The summed E-state index contributed by atoms with van der Waals surface area (Å²) in [4.78, 5) is 0.173. The van der Waals surface area contributed by atoms with E-state index in [0.29, 0.717) is 10.2 Å². The zero-order valence-corrected chi connectivity index (χ0v) is 15.0. The molecule has 0 saturated heterocycles. The Balaban J connectivity index is 1.77. The predicted molar refractivity (Wildman–Crippen MR) is 91.7 cm³/mol. The van der Waals surface area contributed by atoms with Crippen molar-refractivity contribution in [1.29, 1.82) is 0 Å². The van der Waals surface area contributed by atoms with Crippen LogP contribution in [0.15, 0.2) is 45.8 Å². The molecule has 0 unspecified atom stereocenters. The molecule has 0 spiro atoms. The predicted octanol–water partition coefficient (Wildman–Crippen LogP) is 2.54. The van der Waals surface area contributed by atoms with Crippen LogP contribution in [0.1, 0.15) is 16.7 Å². The van der Waals surface area contributed by atoms with Gasteiger partial charge in [-0.25, -0.2) is 13.1 Å². The number of nitrogens with one attached hydrogen (secondary N) is 2. The molecular formula is C16H17BrN2O3S. The fraction of sp³-hybridized carbons (Fsp3) is 0.250. The van der Waals surface area contributed by atoms with Gasteiger partial charge in [-0.3, -0.25) is 0 Å². The molecule has 0 fully saturated rings. The number of rotatable bonds is 5. The van der Waals surface area contributed by atoms with E-state index in [1.807, 2.05) is 18.2 Å². The van der Waals surface area contributed by atoms with Gasteiger partial charge in [0.05, 0.1) is 12.0 Å². The van der Waals surface area contributed by atoms with Crippen molar-refractivity contribution in [3.63, 3.8) is 0 Å². The maximum Gasteiger partial charge on any atom is 0.241 e. The van der Waals surface area contributed by atoms with E-state index in [-0.39, 0.29) is 11.4 Å². The fourth-order valence-corrected chi connectivity index (χ4v) is 4.23. The van der Waals surface area contributed by atoms with Crippen LogP contribution in [0, 0.1) is 0 Å². The summed E-state index contributed by atoms with van der Waals surface area (Å²) in [7, 11) is -2.10. The first-order valence-corrected chi connectivity index (χ1v) is 9.41. The van der Waals surface area contributed by atoms with Crippen molar-refractivity contribution in [2.75, 3.05) is 7.11 Å². The number of fused-ring (bicyclic) bond motifs is 1. The molecule has 5 nitrogen and oxygen atoms in total. The Hall–Kier alpha value is -1.41. The number of hydrogen-bond acceptors (Lipinski definition) is 4. The number of ether oxygens (including phenoxy) is 1. The Morgan fingerprint density at radius 2 is 1.96 bits per heavy atom. The van der Waals surface area contributed by atoms with E-state index in [1.165, 1.54) is 24.3 Å². The molecule has 0 aliphatic carbocycles. The second-order valence-electron chi connectivity index (χ2n) is 5.36. The molecule has 2 aromatic rings. The van der Waals surface area contributed by atoms with Crippen molar-refractivity contribution in [3.8, 4) is 5.75 Å². The highest BCUT2D eigenvalue weighted by atomic mass is 79.9. The normalized spacial score (nSPS) is 13.8. The van der Waals surface area contributed by atoms with Gasteiger partial charge in [0.1, 0.15) is 5.75 Å². The molecule has 3 rings (SSSR count). The van der Waals surface area contributed by atoms with E-state index >= 15 is 0 Å². The summed E-state index contributed by atoms with van der Waals surface area (Å²) < 4.78 is 33.3. The zero-order chi connectivity index (χ0) is 16.4. The molecule has 1 heterocycles. The van der Waals surface area contributed by atoms with E-state index in [1.54, 1.807) is 12.1 Å². The fourth-order valence-electron chi connectivity index (χ4n) is 2.53. The average molecular weight is 397 g/mol. The third kappa shape index (κ3) is 3.74. The number of methoxy groups -OCH3 is 1. The van der Waals surface area contributed by atoms with E-state index in [9.17, 15) is 8.42 Å². The summed E-state index contributed by atoms with van der Waals surface area (Å²) in [5.41, 5.74) is 3.44. The molecule has 1 aliphatic rings. The first-order chi connectivity index (χ1) is 11.0. The van der Waals surface area contributed by atoms with E-state index in [4.69, 9.17) is 4.74 Å². The molecule has 0 saturated carbocycles. The van der Waals surface area contributed by atoms with Gasteiger partial charge in [0.2, 0.25) is 10.0 Å². The minimum absolute atomic E-state index is 0.173. The van der Waals surface area contributed by atoms with Gasteiger partial charge in [-0.15, -0.1) is 0 Å². The van der Waals surface area contributed by atoms with Crippen LogP contribution in [-0.2, 0) is 29.7 Å². The molecule has 2 aromatic carbocycles. The van der Waals surface area contributed by atoms with Gasteiger partial charge in [-0.2, -0.15) is 0 Å². The van der Waals surface area contributed by atoms with Crippen LogP contribution in [0.2, 0.25) is 0 Å². The van der Waals surface area contributed by atoms with Crippen LogP contribution in [0.3, 0.4) is 0 Å². The first-order valence-electron chi connectivity index (χ1n) is 7.13. The third-order valence-corrected chi connectivity index (χ3v) is 5.60. The molecule has 0 atom stereocenters. The third-order valence-electron chi connectivity index (χ3n) is 3.76. The van der Waals surface area contributed by atoms with Crippen LogP contribution in [-0.4, -0.2) is 15.5 Å². The highest BCUT2D eigenvalue weighted by Crippen LogP contribution is 2.24.